The molecule has 1 unspecified atom stereocenters. The van der Waals surface area contributed by atoms with E-state index in [2.05, 4.69) is 16.6 Å². The van der Waals surface area contributed by atoms with Crippen LogP contribution in [0.5, 0.6) is 0 Å². The Balaban J connectivity index is 2.56. The summed E-state index contributed by atoms with van der Waals surface area (Å²) in [5.74, 6) is 2.18. The third kappa shape index (κ3) is 3.89. The van der Waals surface area contributed by atoms with E-state index in [0.29, 0.717) is 5.56 Å². The molecular weight excluding hydrogens is 214 g/mol. The largest absolute Gasteiger partial charge is 0.374 e. The molecule has 2 N–H and O–H groups in total. The molecule has 0 aliphatic heterocycles. The minimum Gasteiger partial charge on any atom is -0.374 e. The molecule has 0 aromatic heterocycles. The number of nitrogens with one attached hydrogen (secondary N) is 2. The highest BCUT2D eigenvalue weighted by molar-refractivity contribution is 5.84. The highest BCUT2D eigenvalue weighted by atomic mass is 16.2. The maximum Gasteiger partial charge on any atom is 0.242 e. The Labute approximate surface area is 101 Å². The fraction of sp³-hybridized carbons (Fsp3) is 0.231. The fourth-order valence-corrected chi connectivity index (χ4v) is 1.25. The van der Waals surface area contributed by atoms with Crippen LogP contribution in [0.2, 0.25) is 0 Å². The van der Waals surface area contributed by atoms with Gasteiger partial charge in [0.15, 0.2) is 0 Å². The van der Waals surface area contributed by atoms with Crippen molar-refractivity contribution >= 4 is 11.6 Å². The monoisotopic (exact) mass is 227 g/mol. The Morgan fingerprint density at radius 3 is 2.65 bits per heavy atom. The van der Waals surface area contributed by atoms with Gasteiger partial charge in [-0.05, 0) is 31.2 Å². The van der Waals surface area contributed by atoms with Crippen molar-refractivity contribution < 1.29 is 4.79 Å². The summed E-state index contributed by atoms with van der Waals surface area (Å²) in [6, 6.07) is 8.54. The first-order chi connectivity index (χ1) is 8.17. The molecule has 1 atom stereocenters. The first kappa shape index (κ1) is 12.6. The van der Waals surface area contributed by atoms with Gasteiger partial charge in [-0.25, -0.2) is 0 Å². The molecule has 17 heavy (non-hydrogen) atoms. The molecule has 4 nitrogen and oxygen atoms in total. The van der Waals surface area contributed by atoms with Gasteiger partial charge in [-0.1, -0.05) is 5.92 Å². The lowest BCUT2D eigenvalue weighted by molar-refractivity contribution is -0.121. The molecule has 0 aliphatic carbocycles. The van der Waals surface area contributed by atoms with Crippen LogP contribution >= 0.6 is 0 Å². The molecule has 0 aliphatic rings. The molecule has 0 bridgehead atoms. The van der Waals surface area contributed by atoms with E-state index >= 15 is 0 Å². The Kier molecular flexibility index (Phi) is 4.59. The number of hydrogen-bond donors (Lipinski definition) is 2. The van der Waals surface area contributed by atoms with E-state index in [1.807, 2.05) is 6.07 Å². The number of nitrogens with zero attached hydrogens (tertiary/aromatic N) is 1. The number of carbonyl (C=O) groups excluding carboxylic acids is 1. The van der Waals surface area contributed by atoms with Gasteiger partial charge >= 0.3 is 0 Å². The van der Waals surface area contributed by atoms with Crippen molar-refractivity contribution in [3.63, 3.8) is 0 Å². The van der Waals surface area contributed by atoms with E-state index in [0.717, 1.165) is 5.69 Å². The van der Waals surface area contributed by atoms with Crippen LogP contribution in [0.15, 0.2) is 24.3 Å². The Morgan fingerprint density at radius 2 is 2.12 bits per heavy atom. The van der Waals surface area contributed by atoms with Crippen LogP contribution in [0, 0.1) is 23.7 Å². The SMILES string of the molecule is C#CCNC(=O)C(C)Nc1ccc(C#N)cc1. The number of amides is 1. The van der Waals surface area contributed by atoms with Crippen molar-refractivity contribution in [2.24, 2.45) is 0 Å². The second-order valence-electron chi connectivity index (χ2n) is 3.48. The smallest absolute Gasteiger partial charge is 0.242 e. The van der Waals surface area contributed by atoms with Gasteiger partial charge in [0.1, 0.15) is 6.04 Å². The molecule has 0 heterocycles. The van der Waals surface area contributed by atoms with Crippen LogP contribution in [-0.2, 0) is 4.79 Å². The summed E-state index contributed by atoms with van der Waals surface area (Å²) >= 11 is 0. The number of hydrogen-bond acceptors (Lipinski definition) is 3. The zero-order valence-corrected chi connectivity index (χ0v) is 9.53. The van der Waals surface area contributed by atoms with E-state index in [-0.39, 0.29) is 18.5 Å². The first-order valence-electron chi connectivity index (χ1n) is 5.15. The van der Waals surface area contributed by atoms with Crippen molar-refractivity contribution in [2.45, 2.75) is 13.0 Å². The van der Waals surface area contributed by atoms with Gasteiger partial charge in [0.2, 0.25) is 5.91 Å². The minimum atomic E-state index is -0.378. The Morgan fingerprint density at radius 1 is 1.47 bits per heavy atom. The second kappa shape index (κ2) is 6.19. The third-order valence-corrected chi connectivity index (χ3v) is 2.16. The molecule has 0 saturated carbocycles. The average Bonchev–Trinajstić information content (AvgIpc) is 2.36. The van der Waals surface area contributed by atoms with Crippen LogP contribution in [0.25, 0.3) is 0 Å². The van der Waals surface area contributed by atoms with Gasteiger partial charge in [0, 0.05) is 5.69 Å². The summed E-state index contributed by atoms with van der Waals surface area (Å²) in [7, 11) is 0. The van der Waals surface area contributed by atoms with Crippen LogP contribution in [0.3, 0.4) is 0 Å². The number of terminal acetylenes is 1. The van der Waals surface area contributed by atoms with E-state index in [9.17, 15) is 4.79 Å². The minimum absolute atomic E-state index is 0.160. The van der Waals surface area contributed by atoms with Gasteiger partial charge in [-0.3, -0.25) is 4.79 Å². The van der Waals surface area contributed by atoms with Crippen molar-refractivity contribution in [3.05, 3.63) is 29.8 Å². The van der Waals surface area contributed by atoms with Gasteiger partial charge in [0.05, 0.1) is 18.2 Å². The lowest BCUT2D eigenvalue weighted by Crippen LogP contribution is -2.37. The highest BCUT2D eigenvalue weighted by Gasteiger charge is 2.10. The number of benzene rings is 1. The van der Waals surface area contributed by atoms with Crippen molar-refractivity contribution in [3.8, 4) is 18.4 Å². The lowest BCUT2D eigenvalue weighted by Gasteiger charge is -2.14. The molecule has 1 aromatic carbocycles. The molecule has 0 saturated heterocycles. The molecule has 0 spiro atoms. The molecule has 86 valence electrons. The third-order valence-electron chi connectivity index (χ3n) is 2.16. The van der Waals surface area contributed by atoms with Crippen LogP contribution in [0.4, 0.5) is 5.69 Å². The second-order valence-corrected chi connectivity index (χ2v) is 3.48. The molecule has 0 fully saturated rings. The maximum absolute atomic E-state index is 11.5. The molecule has 0 radical (unpaired) electrons. The summed E-state index contributed by atoms with van der Waals surface area (Å²) < 4.78 is 0. The van der Waals surface area contributed by atoms with Gasteiger partial charge in [-0.2, -0.15) is 5.26 Å². The predicted octanol–water partition coefficient (Wildman–Crippen LogP) is 1.11. The van der Waals surface area contributed by atoms with E-state index < -0.39 is 0 Å². The zero-order chi connectivity index (χ0) is 12.7. The number of nitriles is 1. The molecule has 1 rings (SSSR count). The maximum atomic E-state index is 11.5. The van der Waals surface area contributed by atoms with Crippen molar-refractivity contribution in [2.75, 3.05) is 11.9 Å². The number of anilines is 1. The van der Waals surface area contributed by atoms with Crippen molar-refractivity contribution in [1.82, 2.24) is 5.32 Å². The molecule has 1 aromatic rings. The van der Waals surface area contributed by atoms with Crippen molar-refractivity contribution in [1.29, 1.82) is 5.26 Å². The summed E-state index contributed by atoms with van der Waals surface area (Å²) in [6.45, 7) is 1.96. The fourth-order valence-electron chi connectivity index (χ4n) is 1.25. The van der Waals surface area contributed by atoms with E-state index in [1.165, 1.54) is 0 Å². The van der Waals surface area contributed by atoms with Crippen LogP contribution < -0.4 is 10.6 Å². The normalized spacial score (nSPS) is 10.8. The molecular formula is C13H13N3O. The summed E-state index contributed by atoms with van der Waals surface area (Å²) in [4.78, 5) is 11.5. The molecule has 1 amide bonds. The Hall–Kier alpha value is -2.46. The molecule has 4 heteroatoms. The first-order valence-corrected chi connectivity index (χ1v) is 5.15. The summed E-state index contributed by atoms with van der Waals surface area (Å²) in [6.07, 6.45) is 5.05. The number of carbonyl (C=O) groups is 1. The quantitative estimate of drug-likeness (QED) is 0.757. The van der Waals surface area contributed by atoms with Gasteiger partial charge in [0.25, 0.3) is 0 Å². The zero-order valence-electron chi connectivity index (χ0n) is 9.53. The standard InChI is InChI=1S/C13H13N3O/c1-3-8-15-13(17)10(2)16-12-6-4-11(9-14)5-7-12/h1,4-7,10,16H,8H2,2H3,(H,15,17). The van der Waals surface area contributed by atoms with E-state index in [4.69, 9.17) is 11.7 Å². The predicted molar refractivity (Wildman–Crippen MR) is 66.1 cm³/mol. The van der Waals surface area contributed by atoms with Gasteiger partial charge < -0.3 is 10.6 Å². The van der Waals surface area contributed by atoms with Gasteiger partial charge in [-0.15, -0.1) is 6.42 Å². The number of rotatable bonds is 4. The van der Waals surface area contributed by atoms with E-state index in [1.54, 1.807) is 31.2 Å². The Bertz CT molecular complexity index is 465. The summed E-state index contributed by atoms with van der Waals surface area (Å²) in [5, 5.41) is 14.2. The van der Waals surface area contributed by atoms with Crippen LogP contribution in [0.1, 0.15) is 12.5 Å². The lowest BCUT2D eigenvalue weighted by atomic mass is 10.2. The van der Waals surface area contributed by atoms with Crippen LogP contribution in [-0.4, -0.2) is 18.5 Å². The highest BCUT2D eigenvalue weighted by Crippen LogP contribution is 2.09. The summed E-state index contributed by atoms with van der Waals surface area (Å²) in [5.41, 5.74) is 1.37. The average molecular weight is 227 g/mol. The topological polar surface area (TPSA) is 64.9 Å².